The van der Waals surface area contributed by atoms with Crippen molar-refractivity contribution in [3.8, 4) is 0 Å². The molecule has 0 spiro atoms. The highest BCUT2D eigenvalue weighted by Gasteiger charge is 1.99. The van der Waals surface area contributed by atoms with E-state index in [-0.39, 0.29) is 5.24 Å². The van der Waals surface area contributed by atoms with Crippen LogP contribution in [0.25, 0.3) is 0 Å². The molecule has 0 unspecified atom stereocenters. The van der Waals surface area contributed by atoms with Gasteiger partial charge in [-0.05, 0) is 12.8 Å². The highest BCUT2D eigenvalue weighted by atomic mass is 32.1. The third kappa shape index (κ3) is 8.60. The molecule has 0 saturated heterocycles. The average Bonchev–Trinajstić information content (AvgIpc) is 2.26. The van der Waals surface area contributed by atoms with Gasteiger partial charge in [-0.2, -0.15) is 0 Å². The van der Waals surface area contributed by atoms with Gasteiger partial charge in [0, 0.05) is 12.4 Å². The summed E-state index contributed by atoms with van der Waals surface area (Å²) in [5.41, 5.74) is 0. The summed E-state index contributed by atoms with van der Waals surface area (Å²) < 4.78 is 0. The molecule has 0 fully saturated rings. The first kappa shape index (κ1) is 15.3. The molecule has 2 nitrogen and oxygen atoms in total. The second kappa shape index (κ2) is 10.8. The van der Waals surface area contributed by atoms with Crippen molar-refractivity contribution >= 4 is 17.9 Å². The third-order valence-corrected chi connectivity index (χ3v) is 2.43. The van der Waals surface area contributed by atoms with Crippen molar-refractivity contribution in [3.63, 3.8) is 0 Å². The zero-order valence-corrected chi connectivity index (χ0v) is 11.2. The minimum absolute atomic E-state index is 0.236. The van der Waals surface area contributed by atoms with Gasteiger partial charge < -0.3 is 0 Å². The normalized spacial score (nSPS) is 11.4. The van der Waals surface area contributed by atoms with Gasteiger partial charge in [0.05, 0.1) is 0 Å². The zero-order valence-electron chi connectivity index (χ0n) is 10.4. The van der Waals surface area contributed by atoms with Crippen LogP contribution in [0, 0.1) is 0 Å². The molecule has 1 amide bonds. The maximum absolute atomic E-state index is 11.2. The van der Waals surface area contributed by atoms with E-state index < -0.39 is 0 Å². The number of thiol groups is 1. The van der Waals surface area contributed by atoms with Crippen LogP contribution in [0.15, 0.2) is 24.6 Å². The van der Waals surface area contributed by atoms with E-state index in [0.29, 0.717) is 0 Å². The first-order valence-corrected chi connectivity index (χ1v) is 6.51. The molecule has 0 heterocycles. The molecule has 0 rings (SSSR count). The van der Waals surface area contributed by atoms with Crippen LogP contribution in [0.3, 0.4) is 0 Å². The maximum Gasteiger partial charge on any atom is 0.286 e. The Morgan fingerprint density at radius 1 is 1.06 bits per heavy atom. The molecular weight excluding hydrogens is 218 g/mol. The van der Waals surface area contributed by atoms with Crippen LogP contribution >= 0.6 is 12.6 Å². The number of amides is 1. The molecule has 0 aliphatic rings. The first-order valence-electron chi connectivity index (χ1n) is 6.07. The lowest BCUT2D eigenvalue weighted by atomic mass is 10.2. The summed E-state index contributed by atoms with van der Waals surface area (Å²) >= 11 is 3.83. The SMILES string of the molecule is CCCC/C=C/N(/C=C/CCCC)C(=O)S. The fraction of sp³-hybridized carbons (Fsp3) is 0.615. The van der Waals surface area contributed by atoms with Gasteiger partial charge >= 0.3 is 0 Å². The summed E-state index contributed by atoms with van der Waals surface area (Å²) in [6.07, 6.45) is 14.3. The third-order valence-electron chi connectivity index (χ3n) is 2.20. The minimum Gasteiger partial charge on any atom is -0.286 e. The smallest absolute Gasteiger partial charge is 0.286 e. The lowest BCUT2D eigenvalue weighted by Crippen LogP contribution is -2.11. The summed E-state index contributed by atoms with van der Waals surface area (Å²) in [6, 6.07) is 0. The van der Waals surface area contributed by atoms with E-state index in [0.717, 1.165) is 25.7 Å². The molecule has 0 aromatic rings. The number of unbranched alkanes of at least 4 members (excludes halogenated alkanes) is 4. The van der Waals surface area contributed by atoms with E-state index in [1.165, 1.54) is 17.7 Å². The molecule has 0 aromatic carbocycles. The van der Waals surface area contributed by atoms with E-state index in [4.69, 9.17) is 0 Å². The van der Waals surface area contributed by atoms with E-state index in [2.05, 4.69) is 26.5 Å². The Kier molecular flexibility index (Phi) is 10.3. The van der Waals surface area contributed by atoms with Gasteiger partial charge in [-0.1, -0.05) is 64.3 Å². The van der Waals surface area contributed by atoms with Crippen molar-refractivity contribution in [2.45, 2.75) is 52.4 Å². The van der Waals surface area contributed by atoms with Crippen LogP contribution < -0.4 is 0 Å². The van der Waals surface area contributed by atoms with Gasteiger partial charge in [0.1, 0.15) is 0 Å². The Labute approximate surface area is 105 Å². The van der Waals surface area contributed by atoms with Crippen LogP contribution in [0.4, 0.5) is 4.79 Å². The summed E-state index contributed by atoms with van der Waals surface area (Å²) in [4.78, 5) is 12.7. The van der Waals surface area contributed by atoms with Crippen molar-refractivity contribution in [2.75, 3.05) is 0 Å². The number of nitrogens with zero attached hydrogens (tertiary/aromatic N) is 1. The van der Waals surface area contributed by atoms with Crippen LogP contribution in [0.2, 0.25) is 0 Å². The molecule has 0 bridgehead atoms. The number of hydrogen-bond donors (Lipinski definition) is 1. The average molecular weight is 241 g/mol. The Bertz CT molecular complexity index is 218. The van der Waals surface area contributed by atoms with Crippen molar-refractivity contribution in [1.29, 1.82) is 0 Å². The zero-order chi connectivity index (χ0) is 12.2. The number of allylic oxidation sites excluding steroid dienone is 2. The summed E-state index contributed by atoms with van der Waals surface area (Å²) in [6.45, 7) is 4.31. The number of carbonyl (C=O) groups excluding carboxylic acids is 1. The van der Waals surface area contributed by atoms with Gasteiger partial charge in [-0.3, -0.25) is 9.69 Å². The summed E-state index contributed by atoms with van der Waals surface area (Å²) in [7, 11) is 0. The first-order chi connectivity index (χ1) is 7.72. The maximum atomic E-state index is 11.2. The highest BCUT2D eigenvalue weighted by molar-refractivity contribution is 7.96. The molecule has 0 radical (unpaired) electrons. The molecule has 0 N–H and O–H groups in total. The van der Waals surface area contributed by atoms with Gasteiger partial charge in [-0.25, -0.2) is 0 Å². The van der Waals surface area contributed by atoms with Crippen LogP contribution in [-0.2, 0) is 0 Å². The van der Waals surface area contributed by atoms with Gasteiger partial charge in [-0.15, -0.1) is 0 Å². The minimum atomic E-state index is -0.236. The van der Waals surface area contributed by atoms with Gasteiger partial charge in [0.25, 0.3) is 5.24 Å². The molecule has 16 heavy (non-hydrogen) atoms. The molecular formula is C13H23NOS. The molecule has 0 aliphatic heterocycles. The second-order valence-corrected chi connectivity index (χ2v) is 4.13. The van der Waals surface area contributed by atoms with Gasteiger partial charge in [0.2, 0.25) is 0 Å². The predicted molar refractivity (Wildman–Crippen MR) is 73.6 cm³/mol. The second-order valence-electron chi connectivity index (χ2n) is 3.74. The number of rotatable bonds is 8. The molecule has 92 valence electrons. The molecule has 0 aromatic heterocycles. The van der Waals surface area contributed by atoms with Crippen LogP contribution in [0.1, 0.15) is 52.4 Å². The monoisotopic (exact) mass is 241 g/mol. The van der Waals surface area contributed by atoms with E-state index in [1.54, 1.807) is 12.4 Å². The number of carbonyl (C=O) groups is 1. The Morgan fingerprint density at radius 3 is 1.81 bits per heavy atom. The van der Waals surface area contributed by atoms with Crippen molar-refractivity contribution in [2.24, 2.45) is 0 Å². The van der Waals surface area contributed by atoms with E-state index >= 15 is 0 Å². The quantitative estimate of drug-likeness (QED) is 0.480. The summed E-state index contributed by atoms with van der Waals surface area (Å²) in [5.74, 6) is 0. The Hall–Kier alpha value is -0.700. The van der Waals surface area contributed by atoms with Crippen molar-refractivity contribution in [3.05, 3.63) is 24.6 Å². The fourth-order valence-corrected chi connectivity index (χ4v) is 1.33. The fourth-order valence-electron chi connectivity index (χ4n) is 1.20. The van der Waals surface area contributed by atoms with Crippen molar-refractivity contribution in [1.82, 2.24) is 4.90 Å². The van der Waals surface area contributed by atoms with E-state index in [9.17, 15) is 4.79 Å². The van der Waals surface area contributed by atoms with Crippen molar-refractivity contribution < 1.29 is 4.79 Å². The Morgan fingerprint density at radius 2 is 1.50 bits per heavy atom. The number of hydrogen-bond acceptors (Lipinski definition) is 1. The molecule has 0 saturated carbocycles. The summed E-state index contributed by atoms with van der Waals surface area (Å²) in [5, 5.41) is -0.236. The standard InChI is InChI=1S/C13H23NOS/c1-3-5-7-9-11-14(13(15)16)12-10-8-6-4-2/h9-12H,3-8H2,1-2H3,(H,15,16)/b11-9+,12-10+. The highest BCUT2D eigenvalue weighted by Crippen LogP contribution is 2.04. The lowest BCUT2D eigenvalue weighted by Gasteiger charge is -2.09. The predicted octanol–water partition coefficient (Wildman–Crippen LogP) is 4.75. The largest absolute Gasteiger partial charge is 0.286 e. The molecule has 0 aliphatic carbocycles. The molecule has 0 atom stereocenters. The van der Waals surface area contributed by atoms with Crippen LogP contribution in [-0.4, -0.2) is 10.1 Å². The topological polar surface area (TPSA) is 20.3 Å². The van der Waals surface area contributed by atoms with Crippen LogP contribution in [0.5, 0.6) is 0 Å². The Balaban J connectivity index is 4.01. The van der Waals surface area contributed by atoms with Gasteiger partial charge in [0.15, 0.2) is 0 Å². The lowest BCUT2D eigenvalue weighted by molar-refractivity contribution is 0.249. The molecule has 3 heteroatoms. The van der Waals surface area contributed by atoms with E-state index in [1.807, 2.05) is 12.2 Å².